The van der Waals surface area contributed by atoms with Gasteiger partial charge in [0.15, 0.2) is 0 Å². The number of unbranched alkanes of at least 4 members (excludes halogenated alkanes) is 1. The lowest BCUT2D eigenvalue weighted by atomic mass is 9.97. The third kappa shape index (κ3) is 3.41. The van der Waals surface area contributed by atoms with E-state index in [0.717, 1.165) is 49.6 Å². The molecule has 6 heteroatoms. The lowest BCUT2D eigenvalue weighted by Gasteiger charge is -2.29. The molecule has 23 heavy (non-hydrogen) atoms. The van der Waals surface area contributed by atoms with Crippen molar-refractivity contribution < 1.29 is 4.79 Å². The molecule has 0 saturated carbocycles. The van der Waals surface area contributed by atoms with Gasteiger partial charge in [0.1, 0.15) is 11.6 Å². The average molecular weight is 313 g/mol. The van der Waals surface area contributed by atoms with Crippen molar-refractivity contribution in [3.63, 3.8) is 0 Å². The lowest BCUT2D eigenvalue weighted by molar-refractivity contribution is -0.123. The van der Waals surface area contributed by atoms with Crippen molar-refractivity contribution in [2.45, 2.75) is 46.1 Å². The minimum absolute atomic E-state index is 0.0411. The summed E-state index contributed by atoms with van der Waals surface area (Å²) in [5.41, 5.74) is 0.881. The molecule has 1 amide bonds. The second kappa shape index (κ2) is 6.89. The van der Waals surface area contributed by atoms with Gasteiger partial charge < -0.3 is 4.90 Å². The number of nitrogens with zero attached hydrogens (tertiary/aromatic N) is 5. The maximum atomic E-state index is 13.1. The molecule has 0 fully saturated rings. The van der Waals surface area contributed by atoms with Gasteiger partial charge in [-0.1, -0.05) is 13.3 Å². The van der Waals surface area contributed by atoms with Gasteiger partial charge in [0, 0.05) is 19.2 Å². The fourth-order valence-electron chi connectivity index (χ4n) is 3.05. The van der Waals surface area contributed by atoms with E-state index < -0.39 is 0 Å². The van der Waals surface area contributed by atoms with E-state index >= 15 is 0 Å². The molecule has 0 bridgehead atoms. The predicted molar refractivity (Wildman–Crippen MR) is 88.1 cm³/mol. The number of anilines is 1. The maximum absolute atomic E-state index is 13.1. The highest BCUT2D eigenvalue weighted by molar-refractivity contribution is 5.94. The molecular formula is C17H23N5O. The van der Waals surface area contributed by atoms with E-state index in [0.29, 0.717) is 6.54 Å². The smallest absolute Gasteiger partial charge is 0.232 e. The molecule has 1 atom stereocenters. The number of pyridine rings is 1. The van der Waals surface area contributed by atoms with Crippen molar-refractivity contribution in [1.82, 2.24) is 19.7 Å². The van der Waals surface area contributed by atoms with Crippen molar-refractivity contribution in [3.8, 4) is 0 Å². The molecule has 6 nitrogen and oxygen atoms in total. The van der Waals surface area contributed by atoms with Crippen LogP contribution in [0.2, 0.25) is 0 Å². The summed E-state index contributed by atoms with van der Waals surface area (Å²) in [6.07, 6.45) is 7.19. The summed E-state index contributed by atoms with van der Waals surface area (Å²) in [4.78, 5) is 23.5. The highest BCUT2D eigenvalue weighted by Gasteiger charge is 2.30. The Morgan fingerprint density at radius 1 is 1.48 bits per heavy atom. The summed E-state index contributed by atoms with van der Waals surface area (Å²) in [6, 6.07) is 3.83. The number of amides is 1. The Labute approximate surface area is 136 Å². The molecule has 0 spiro atoms. The van der Waals surface area contributed by atoms with Crippen LogP contribution < -0.4 is 4.90 Å². The normalized spacial score (nSPS) is 16.9. The van der Waals surface area contributed by atoms with Crippen molar-refractivity contribution in [2.24, 2.45) is 5.92 Å². The van der Waals surface area contributed by atoms with Crippen molar-refractivity contribution in [3.05, 3.63) is 36.2 Å². The Bertz CT molecular complexity index is 667. The molecule has 122 valence electrons. The SMILES string of the molecule is CCCCN(C(=O)C1CCc2nc(C)nn2C1)c1cccnc1. The molecule has 0 aliphatic carbocycles. The van der Waals surface area contributed by atoms with E-state index in [1.54, 1.807) is 12.4 Å². The molecule has 2 aromatic heterocycles. The van der Waals surface area contributed by atoms with Gasteiger partial charge in [0.25, 0.3) is 0 Å². The zero-order valence-corrected chi connectivity index (χ0v) is 13.8. The second-order valence-corrected chi connectivity index (χ2v) is 6.05. The Hall–Kier alpha value is -2.24. The minimum atomic E-state index is -0.0411. The fraction of sp³-hybridized carbons (Fsp3) is 0.529. The van der Waals surface area contributed by atoms with Gasteiger partial charge in [-0.05, 0) is 31.9 Å². The first-order chi connectivity index (χ1) is 11.2. The average Bonchev–Trinajstić information content (AvgIpc) is 2.95. The molecule has 0 saturated heterocycles. The molecule has 0 radical (unpaired) electrons. The van der Waals surface area contributed by atoms with Gasteiger partial charge in [0.2, 0.25) is 5.91 Å². The van der Waals surface area contributed by atoms with Crippen molar-refractivity contribution >= 4 is 11.6 Å². The Kier molecular flexibility index (Phi) is 4.69. The first-order valence-corrected chi connectivity index (χ1v) is 8.30. The third-order valence-electron chi connectivity index (χ3n) is 4.27. The number of hydrogen-bond acceptors (Lipinski definition) is 4. The molecule has 3 rings (SSSR count). The molecule has 1 aliphatic heterocycles. The molecule has 0 N–H and O–H groups in total. The highest BCUT2D eigenvalue weighted by Crippen LogP contribution is 2.23. The van der Waals surface area contributed by atoms with Crippen LogP contribution >= 0.6 is 0 Å². The quantitative estimate of drug-likeness (QED) is 0.850. The van der Waals surface area contributed by atoms with Crippen molar-refractivity contribution in [1.29, 1.82) is 0 Å². The van der Waals surface area contributed by atoms with Crippen LogP contribution in [0.25, 0.3) is 0 Å². The van der Waals surface area contributed by atoms with E-state index in [2.05, 4.69) is 22.0 Å². The summed E-state index contributed by atoms with van der Waals surface area (Å²) in [5, 5.41) is 4.40. The topological polar surface area (TPSA) is 63.9 Å². The standard InChI is InChI=1S/C17H23N5O/c1-3-4-10-21(15-6-5-9-18-11-15)17(23)14-7-8-16-19-13(2)20-22(16)12-14/h5-6,9,11,14H,3-4,7-8,10,12H2,1-2H3. The minimum Gasteiger partial charge on any atom is -0.311 e. The molecule has 3 heterocycles. The van der Waals surface area contributed by atoms with Gasteiger partial charge in [0.05, 0.1) is 24.3 Å². The largest absolute Gasteiger partial charge is 0.311 e. The van der Waals surface area contributed by atoms with Gasteiger partial charge in [-0.3, -0.25) is 9.78 Å². The summed E-state index contributed by atoms with van der Waals surface area (Å²) in [7, 11) is 0. The number of carbonyl (C=O) groups is 1. The molecular weight excluding hydrogens is 290 g/mol. The van der Waals surface area contributed by atoms with Crippen LogP contribution in [0.1, 0.15) is 37.8 Å². The maximum Gasteiger partial charge on any atom is 0.232 e. The van der Waals surface area contributed by atoms with Crippen LogP contribution in [0.5, 0.6) is 0 Å². The zero-order chi connectivity index (χ0) is 16.2. The number of hydrogen-bond donors (Lipinski definition) is 0. The van der Waals surface area contributed by atoms with Gasteiger partial charge in [-0.25, -0.2) is 9.67 Å². The predicted octanol–water partition coefficient (Wildman–Crippen LogP) is 2.38. The summed E-state index contributed by atoms with van der Waals surface area (Å²) in [6.45, 7) is 5.39. The summed E-state index contributed by atoms with van der Waals surface area (Å²) in [5.74, 6) is 1.90. The second-order valence-electron chi connectivity index (χ2n) is 6.05. The highest BCUT2D eigenvalue weighted by atomic mass is 16.2. The van der Waals surface area contributed by atoms with Gasteiger partial charge in [-0.2, -0.15) is 5.10 Å². The van der Waals surface area contributed by atoms with E-state index in [1.807, 2.05) is 28.6 Å². The first-order valence-electron chi connectivity index (χ1n) is 8.30. The van der Waals surface area contributed by atoms with Crippen LogP contribution in [-0.4, -0.2) is 32.2 Å². The van der Waals surface area contributed by atoms with E-state index in [4.69, 9.17) is 0 Å². The zero-order valence-electron chi connectivity index (χ0n) is 13.8. The Morgan fingerprint density at radius 3 is 3.09 bits per heavy atom. The molecule has 1 unspecified atom stereocenters. The number of carbonyl (C=O) groups excluding carboxylic acids is 1. The fourth-order valence-corrected chi connectivity index (χ4v) is 3.05. The van der Waals surface area contributed by atoms with Crippen LogP contribution in [0, 0.1) is 12.8 Å². The van der Waals surface area contributed by atoms with E-state index in [-0.39, 0.29) is 11.8 Å². The van der Waals surface area contributed by atoms with Crippen LogP contribution in [-0.2, 0) is 17.8 Å². The molecule has 0 aromatic carbocycles. The third-order valence-corrected chi connectivity index (χ3v) is 4.27. The first kappa shape index (κ1) is 15.6. The summed E-state index contributed by atoms with van der Waals surface area (Å²) < 4.78 is 1.89. The number of aromatic nitrogens is 4. The van der Waals surface area contributed by atoms with Gasteiger partial charge >= 0.3 is 0 Å². The van der Waals surface area contributed by atoms with Crippen LogP contribution in [0.3, 0.4) is 0 Å². The van der Waals surface area contributed by atoms with E-state index in [9.17, 15) is 4.79 Å². The van der Waals surface area contributed by atoms with Gasteiger partial charge in [-0.15, -0.1) is 0 Å². The molecule has 2 aromatic rings. The molecule has 1 aliphatic rings. The Balaban J connectivity index is 1.78. The number of rotatable bonds is 5. The summed E-state index contributed by atoms with van der Waals surface area (Å²) >= 11 is 0. The Morgan fingerprint density at radius 2 is 2.35 bits per heavy atom. The van der Waals surface area contributed by atoms with Crippen LogP contribution in [0.4, 0.5) is 5.69 Å². The number of aryl methyl sites for hydroxylation is 2. The van der Waals surface area contributed by atoms with Crippen molar-refractivity contribution in [2.75, 3.05) is 11.4 Å². The van der Waals surface area contributed by atoms with Crippen LogP contribution in [0.15, 0.2) is 24.5 Å². The van der Waals surface area contributed by atoms with E-state index in [1.165, 1.54) is 0 Å². The monoisotopic (exact) mass is 313 g/mol. The number of fused-ring (bicyclic) bond motifs is 1. The lowest BCUT2D eigenvalue weighted by Crippen LogP contribution is -2.40.